The topological polar surface area (TPSA) is 98.5 Å². The Kier molecular flexibility index (Phi) is 6.62. The minimum atomic E-state index is -0.533. The summed E-state index contributed by atoms with van der Waals surface area (Å²) >= 11 is 7.61. The van der Waals surface area contributed by atoms with E-state index in [4.69, 9.17) is 16.3 Å². The third kappa shape index (κ3) is 4.73. The Hall–Kier alpha value is -2.65. The van der Waals surface area contributed by atoms with Crippen molar-refractivity contribution in [2.24, 2.45) is 0 Å². The van der Waals surface area contributed by atoms with Crippen molar-refractivity contribution < 1.29 is 14.3 Å². The molecule has 1 N–H and O–H groups in total. The Bertz CT molecular complexity index is 1120. The molecule has 10 heteroatoms. The Balaban J connectivity index is 1.65. The number of nitrogens with one attached hydrogen (secondary N) is 1. The number of amides is 1. The van der Waals surface area contributed by atoms with Gasteiger partial charge in [-0.05, 0) is 51.1 Å². The summed E-state index contributed by atoms with van der Waals surface area (Å²) in [7, 11) is 0. The molecule has 30 heavy (non-hydrogen) atoms. The number of hydrogen-bond donors (Lipinski definition) is 1. The van der Waals surface area contributed by atoms with Crippen LogP contribution in [0.4, 0.5) is 5.69 Å². The maximum Gasteiger partial charge on any atom is 0.310 e. The molecule has 0 spiro atoms. The quantitative estimate of drug-likeness (QED) is 0.456. The molecule has 0 saturated heterocycles. The molecule has 0 aliphatic rings. The summed E-state index contributed by atoms with van der Waals surface area (Å²) in [6.45, 7) is 7.01. The lowest BCUT2D eigenvalue weighted by Crippen LogP contribution is -2.23. The van der Waals surface area contributed by atoms with Crippen LogP contribution >= 0.6 is 23.4 Å². The van der Waals surface area contributed by atoms with Crippen LogP contribution in [0.3, 0.4) is 0 Å². The predicted octanol–water partition coefficient (Wildman–Crippen LogP) is 3.46. The molecule has 1 amide bonds. The molecule has 2 heterocycles. The zero-order valence-corrected chi connectivity index (χ0v) is 18.9. The monoisotopic (exact) mass is 447 g/mol. The van der Waals surface area contributed by atoms with E-state index in [9.17, 15) is 9.59 Å². The zero-order valence-electron chi connectivity index (χ0n) is 17.4. The molecule has 0 saturated carbocycles. The molecule has 3 aromatic rings. The van der Waals surface area contributed by atoms with Crippen molar-refractivity contribution in [3.63, 3.8) is 0 Å². The van der Waals surface area contributed by atoms with Crippen molar-refractivity contribution in [3.8, 4) is 0 Å². The second-order valence-corrected chi connectivity index (χ2v) is 8.08. The average Bonchev–Trinajstić information content (AvgIpc) is 3.09. The van der Waals surface area contributed by atoms with E-state index < -0.39 is 18.5 Å². The summed E-state index contributed by atoms with van der Waals surface area (Å²) in [6, 6.07) is 3.67. The van der Waals surface area contributed by atoms with Crippen molar-refractivity contribution in [3.05, 3.63) is 45.2 Å². The van der Waals surface area contributed by atoms with Gasteiger partial charge in [-0.1, -0.05) is 29.4 Å². The third-order valence-electron chi connectivity index (χ3n) is 4.59. The minimum Gasteiger partial charge on any atom is -0.455 e. The second-order valence-electron chi connectivity index (χ2n) is 6.90. The zero-order chi connectivity index (χ0) is 22.0. The summed E-state index contributed by atoms with van der Waals surface area (Å²) in [4.78, 5) is 33.3. The fourth-order valence-corrected chi connectivity index (χ4v) is 3.83. The molecule has 1 aromatic carbocycles. The van der Waals surface area contributed by atoms with Crippen LogP contribution in [0.5, 0.6) is 0 Å². The summed E-state index contributed by atoms with van der Waals surface area (Å²) < 4.78 is 6.77. The normalized spacial score (nSPS) is 11.0. The lowest BCUT2D eigenvalue weighted by Gasteiger charge is -2.12. The van der Waals surface area contributed by atoms with Gasteiger partial charge in [0.05, 0.1) is 17.1 Å². The molecular weight excluding hydrogens is 426 g/mol. The van der Waals surface area contributed by atoms with Crippen LogP contribution in [0.25, 0.3) is 5.78 Å². The maximum absolute atomic E-state index is 12.3. The number of aryl methyl sites for hydroxylation is 4. The first kappa shape index (κ1) is 22.0. The van der Waals surface area contributed by atoms with E-state index in [1.54, 1.807) is 17.5 Å². The molecule has 3 rings (SSSR count). The van der Waals surface area contributed by atoms with Crippen LogP contribution in [0.1, 0.15) is 28.1 Å². The number of fused-ring (bicyclic) bond motifs is 1. The molecule has 0 bridgehead atoms. The van der Waals surface area contributed by atoms with Gasteiger partial charge in [0.2, 0.25) is 5.16 Å². The van der Waals surface area contributed by atoms with Gasteiger partial charge in [0.25, 0.3) is 11.7 Å². The first-order valence-corrected chi connectivity index (χ1v) is 10.8. The van der Waals surface area contributed by atoms with Gasteiger partial charge in [0, 0.05) is 17.0 Å². The number of thioether (sulfide) groups is 1. The largest absolute Gasteiger partial charge is 0.455 e. The third-order valence-corrected chi connectivity index (χ3v) is 5.43. The van der Waals surface area contributed by atoms with Crippen molar-refractivity contribution in [1.29, 1.82) is 0 Å². The number of rotatable bonds is 6. The van der Waals surface area contributed by atoms with Gasteiger partial charge >= 0.3 is 5.97 Å². The number of aromatic nitrogens is 4. The molecule has 8 nitrogen and oxygen atoms in total. The van der Waals surface area contributed by atoms with Crippen molar-refractivity contribution in [1.82, 2.24) is 19.6 Å². The van der Waals surface area contributed by atoms with E-state index in [1.165, 1.54) is 11.8 Å². The van der Waals surface area contributed by atoms with Crippen molar-refractivity contribution in [2.75, 3.05) is 18.2 Å². The SMILES string of the molecule is CSc1nc2nc(C)c(CC(=O)OCC(=O)Nc3c(C)cc(C)cc3Cl)c(C)n2n1. The van der Waals surface area contributed by atoms with Crippen LogP contribution in [0.15, 0.2) is 17.3 Å². The Morgan fingerprint density at radius 2 is 1.93 bits per heavy atom. The van der Waals surface area contributed by atoms with Crippen LogP contribution in [0.2, 0.25) is 5.02 Å². The smallest absolute Gasteiger partial charge is 0.310 e. The number of hydrogen-bond acceptors (Lipinski definition) is 7. The molecule has 0 radical (unpaired) electrons. The van der Waals surface area contributed by atoms with E-state index >= 15 is 0 Å². The predicted molar refractivity (Wildman–Crippen MR) is 116 cm³/mol. The molecule has 0 aliphatic carbocycles. The molecule has 2 aromatic heterocycles. The summed E-state index contributed by atoms with van der Waals surface area (Å²) in [5.74, 6) is -0.509. The van der Waals surface area contributed by atoms with Crippen molar-refractivity contribution >= 4 is 46.7 Å². The number of halogens is 1. The number of carbonyl (C=O) groups is 2. The molecular formula is C20H22ClN5O3S. The number of nitrogens with zero attached hydrogens (tertiary/aromatic N) is 4. The number of ether oxygens (including phenoxy) is 1. The molecule has 158 valence electrons. The van der Waals surface area contributed by atoms with Gasteiger partial charge in [-0.3, -0.25) is 9.59 Å². The van der Waals surface area contributed by atoms with Crippen LogP contribution < -0.4 is 5.32 Å². The van der Waals surface area contributed by atoms with Crippen LogP contribution in [0, 0.1) is 27.7 Å². The van der Waals surface area contributed by atoms with E-state index in [0.717, 1.165) is 16.8 Å². The number of benzene rings is 1. The maximum atomic E-state index is 12.3. The Morgan fingerprint density at radius 3 is 2.60 bits per heavy atom. The highest BCUT2D eigenvalue weighted by atomic mass is 35.5. The average molecular weight is 448 g/mol. The standard InChI is InChI=1S/C20H22ClN5O3S/c1-10-6-11(2)18(15(21)7-10)23-16(27)9-29-17(28)8-14-12(3)22-19-24-20(30-5)25-26(19)13(14)4/h6-7H,8-9H2,1-5H3,(H,23,27). The number of anilines is 1. The minimum absolute atomic E-state index is 0.0212. The first-order chi connectivity index (χ1) is 14.2. The van der Waals surface area contributed by atoms with E-state index in [-0.39, 0.29) is 6.42 Å². The molecule has 0 aliphatic heterocycles. The highest BCUT2D eigenvalue weighted by Crippen LogP contribution is 2.27. The van der Waals surface area contributed by atoms with Crippen LogP contribution in [-0.2, 0) is 20.7 Å². The highest BCUT2D eigenvalue weighted by molar-refractivity contribution is 7.98. The second kappa shape index (κ2) is 9.01. The lowest BCUT2D eigenvalue weighted by atomic mass is 10.1. The van der Waals surface area contributed by atoms with E-state index in [2.05, 4.69) is 20.4 Å². The molecule has 0 fully saturated rings. The van der Waals surface area contributed by atoms with Gasteiger partial charge in [0.1, 0.15) is 0 Å². The highest BCUT2D eigenvalue weighted by Gasteiger charge is 2.18. The first-order valence-electron chi connectivity index (χ1n) is 9.18. The van der Waals surface area contributed by atoms with Gasteiger partial charge in [0.15, 0.2) is 6.61 Å². The van der Waals surface area contributed by atoms with Crippen molar-refractivity contribution in [2.45, 2.75) is 39.3 Å². The van der Waals surface area contributed by atoms with Crippen LogP contribution in [-0.4, -0.2) is 44.3 Å². The van der Waals surface area contributed by atoms with Gasteiger partial charge < -0.3 is 10.1 Å². The van der Waals surface area contributed by atoms with Gasteiger partial charge in [-0.2, -0.15) is 4.98 Å². The lowest BCUT2D eigenvalue weighted by molar-refractivity contribution is -0.146. The van der Waals surface area contributed by atoms with Gasteiger partial charge in [-0.15, -0.1) is 5.10 Å². The van der Waals surface area contributed by atoms with E-state index in [0.29, 0.717) is 32.9 Å². The Morgan fingerprint density at radius 1 is 1.20 bits per heavy atom. The summed E-state index contributed by atoms with van der Waals surface area (Å²) in [6.07, 6.45) is 1.86. The van der Waals surface area contributed by atoms with E-state index in [1.807, 2.05) is 33.1 Å². The molecule has 0 unspecified atom stereocenters. The number of carbonyl (C=O) groups excluding carboxylic acids is 2. The van der Waals surface area contributed by atoms with Gasteiger partial charge in [-0.25, -0.2) is 9.50 Å². The Labute approximate surface area is 183 Å². The summed E-state index contributed by atoms with van der Waals surface area (Å²) in [5, 5.41) is 8.10. The number of esters is 1. The summed E-state index contributed by atoms with van der Waals surface area (Å²) in [5.41, 5.74) is 4.47. The fourth-order valence-electron chi connectivity index (χ4n) is 3.12. The molecule has 0 atom stereocenters. The fraction of sp³-hybridized carbons (Fsp3) is 0.350.